The van der Waals surface area contributed by atoms with E-state index in [1.807, 2.05) is 0 Å². The van der Waals surface area contributed by atoms with Crippen LogP contribution >= 0.6 is 0 Å². The molecule has 1 aromatic rings. The van der Waals surface area contributed by atoms with Crippen molar-refractivity contribution < 1.29 is 14.2 Å². The summed E-state index contributed by atoms with van der Waals surface area (Å²) in [5.41, 5.74) is 3.17. The smallest absolute Gasteiger partial charge is 0.0724 e. The Balaban J connectivity index is 1.45. The van der Waals surface area contributed by atoms with Crippen molar-refractivity contribution in [2.45, 2.75) is 91.5 Å². The van der Waals surface area contributed by atoms with Crippen molar-refractivity contribution in [2.24, 2.45) is 10.8 Å². The molecule has 0 bridgehead atoms. The summed E-state index contributed by atoms with van der Waals surface area (Å²) in [6.45, 7) is 14.5. The first-order chi connectivity index (χ1) is 13.3. The second-order valence-corrected chi connectivity index (χ2v) is 9.78. The van der Waals surface area contributed by atoms with Crippen molar-refractivity contribution >= 4 is 0 Å². The summed E-state index contributed by atoms with van der Waals surface area (Å²) in [5.74, 6) is 0. The lowest BCUT2D eigenvalue weighted by Crippen LogP contribution is -2.49. The lowest BCUT2D eigenvalue weighted by Gasteiger charge is -2.52. The molecule has 3 rings (SSSR count). The Morgan fingerprint density at radius 3 is 2.14 bits per heavy atom. The van der Waals surface area contributed by atoms with Crippen LogP contribution in [0.25, 0.3) is 0 Å². The number of benzene rings is 1. The number of ether oxygens (including phenoxy) is 3. The van der Waals surface area contributed by atoms with Crippen molar-refractivity contribution in [1.29, 1.82) is 0 Å². The molecule has 158 valence electrons. The van der Waals surface area contributed by atoms with Gasteiger partial charge in [0.25, 0.3) is 0 Å². The van der Waals surface area contributed by atoms with Crippen molar-refractivity contribution in [3.05, 3.63) is 35.4 Å². The molecule has 1 heterocycles. The first kappa shape index (κ1) is 21.8. The molecule has 1 aromatic carbocycles. The lowest BCUT2D eigenvalue weighted by molar-refractivity contribution is -0.158. The van der Waals surface area contributed by atoms with Crippen LogP contribution in [0, 0.1) is 10.8 Å². The van der Waals surface area contributed by atoms with Crippen LogP contribution in [-0.4, -0.2) is 31.5 Å². The third-order valence-corrected chi connectivity index (χ3v) is 7.65. The molecule has 3 heteroatoms. The van der Waals surface area contributed by atoms with Gasteiger partial charge in [-0.25, -0.2) is 0 Å². The molecule has 3 nitrogen and oxygen atoms in total. The third kappa shape index (κ3) is 4.63. The SMILES string of the molecule is CCC1(COC(C)Cc2ccc(COC(C)(C)C3(CC)CCC3)cc2)COC1. The summed E-state index contributed by atoms with van der Waals surface area (Å²) in [5, 5.41) is 0. The van der Waals surface area contributed by atoms with Crippen LogP contribution in [0.4, 0.5) is 0 Å². The largest absolute Gasteiger partial charge is 0.380 e. The highest BCUT2D eigenvalue weighted by molar-refractivity contribution is 5.22. The van der Waals surface area contributed by atoms with E-state index in [-0.39, 0.29) is 17.1 Å². The quantitative estimate of drug-likeness (QED) is 0.470. The van der Waals surface area contributed by atoms with Gasteiger partial charge in [-0.05, 0) is 69.4 Å². The second kappa shape index (κ2) is 8.85. The summed E-state index contributed by atoms with van der Waals surface area (Å²) in [6.07, 6.45) is 7.48. The summed E-state index contributed by atoms with van der Waals surface area (Å²) in [4.78, 5) is 0. The Bertz CT molecular complexity index is 600. The summed E-state index contributed by atoms with van der Waals surface area (Å²) in [6, 6.07) is 8.88. The van der Waals surface area contributed by atoms with Gasteiger partial charge in [-0.2, -0.15) is 0 Å². The van der Waals surface area contributed by atoms with Gasteiger partial charge in [0.1, 0.15) is 0 Å². The molecule has 1 aliphatic carbocycles. The average molecular weight is 389 g/mol. The zero-order chi connectivity index (χ0) is 20.3. The Hall–Kier alpha value is -0.900. The number of hydrogen-bond acceptors (Lipinski definition) is 3. The highest BCUT2D eigenvalue weighted by Crippen LogP contribution is 2.53. The van der Waals surface area contributed by atoms with Crippen molar-refractivity contribution in [3.8, 4) is 0 Å². The maximum atomic E-state index is 6.41. The Morgan fingerprint density at radius 1 is 1.04 bits per heavy atom. The fourth-order valence-corrected chi connectivity index (χ4v) is 4.66. The maximum absolute atomic E-state index is 6.41. The monoisotopic (exact) mass is 388 g/mol. The molecule has 0 aromatic heterocycles. The van der Waals surface area contributed by atoms with Gasteiger partial charge in [0.15, 0.2) is 0 Å². The third-order valence-electron chi connectivity index (χ3n) is 7.65. The molecule has 1 atom stereocenters. The average Bonchev–Trinajstić information content (AvgIpc) is 2.60. The molecule has 0 radical (unpaired) electrons. The molecule has 2 fully saturated rings. The van der Waals surface area contributed by atoms with Gasteiger partial charge in [0, 0.05) is 5.41 Å². The van der Waals surface area contributed by atoms with Crippen LogP contribution in [0.2, 0.25) is 0 Å². The van der Waals surface area contributed by atoms with Crippen molar-refractivity contribution in [3.63, 3.8) is 0 Å². The van der Waals surface area contributed by atoms with Crippen LogP contribution in [0.5, 0.6) is 0 Å². The molecular formula is C25H40O3. The van der Waals surface area contributed by atoms with E-state index < -0.39 is 0 Å². The molecule has 1 aliphatic heterocycles. The molecule has 1 saturated carbocycles. The van der Waals surface area contributed by atoms with Crippen LogP contribution in [-0.2, 0) is 27.2 Å². The topological polar surface area (TPSA) is 27.7 Å². The fourth-order valence-electron chi connectivity index (χ4n) is 4.66. The molecule has 1 unspecified atom stereocenters. The molecule has 0 N–H and O–H groups in total. The van der Waals surface area contributed by atoms with Crippen molar-refractivity contribution in [2.75, 3.05) is 19.8 Å². The van der Waals surface area contributed by atoms with E-state index >= 15 is 0 Å². The first-order valence-corrected chi connectivity index (χ1v) is 11.2. The standard InChI is InChI=1S/C25H40O3/c1-6-24(17-26-18-24)19-27-20(3)15-21-9-11-22(12-10-21)16-28-23(4,5)25(7-2)13-8-14-25/h9-12,20H,6-8,13-19H2,1-5H3. The fraction of sp³-hybridized carbons (Fsp3) is 0.760. The van der Waals surface area contributed by atoms with Crippen LogP contribution in [0.3, 0.4) is 0 Å². The van der Waals surface area contributed by atoms with E-state index in [1.165, 1.54) is 36.8 Å². The van der Waals surface area contributed by atoms with E-state index in [4.69, 9.17) is 14.2 Å². The van der Waals surface area contributed by atoms with Gasteiger partial charge in [0.2, 0.25) is 0 Å². The Morgan fingerprint density at radius 2 is 1.68 bits per heavy atom. The zero-order valence-corrected chi connectivity index (χ0v) is 18.7. The predicted octanol–water partition coefficient (Wildman–Crippen LogP) is 5.94. The van der Waals surface area contributed by atoms with E-state index in [0.717, 1.165) is 32.7 Å². The second-order valence-electron chi connectivity index (χ2n) is 9.78. The Labute approximate surface area is 172 Å². The highest BCUT2D eigenvalue weighted by atomic mass is 16.5. The van der Waals surface area contributed by atoms with Gasteiger partial charge >= 0.3 is 0 Å². The maximum Gasteiger partial charge on any atom is 0.0724 e. The van der Waals surface area contributed by atoms with Gasteiger partial charge in [-0.15, -0.1) is 0 Å². The van der Waals surface area contributed by atoms with Gasteiger partial charge in [0.05, 0.1) is 38.1 Å². The molecular weight excluding hydrogens is 348 g/mol. The van der Waals surface area contributed by atoms with Gasteiger partial charge in [-0.1, -0.05) is 44.5 Å². The van der Waals surface area contributed by atoms with E-state index in [0.29, 0.717) is 12.0 Å². The summed E-state index contributed by atoms with van der Waals surface area (Å²) in [7, 11) is 0. The Kier molecular flexibility index (Phi) is 6.89. The minimum absolute atomic E-state index is 0.0541. The molecule has 0 amide bonds. The molecule has 0 spiro atoms. The van der Waals surface area contributed by atoms with Crippen molar-refractivity contribution in [1.82, 2.24) is 0 Å². The van der Waals surface area contributed by atoms with Crippen LogP contribution in [0.1, 0.15) is 77.8 Å². The molecule has 2 aliphatic rings. The van der Waals surface area contributed by atoms with Gasteiger partial charge < -0.3 is 14.2 Å². The first-order valence-electron chi connectivity index (χ1n) is 11.2. The van der Waals surface area contributed by atoms with Crippen LogP contribution in [0.15, 0.2) is 24.3 Å². The minimum Gasteiger partial charge on any atom is -0.380 e. The predicted molar refractivity (Wildman–Crippen MR) is 115 cm³/mol. The highest BCUT2D eigenvalue weighted by Gasteiger charge is 2.48. The number of hydrogen-bond donors (Lipinski definition) is 0. The number of rotatable bonds is 11. The van der Waals surface area contributed by atoms with E-state index in [9.17, 15) is 0 Å². The normalized spacial score (nSPS) is 21.6. The van der Waals surface area contributed by atoms with E-state index in [1.54, 1.807) is 0 Å². The molecule has 28 heavy (non-hydrogen) atoms. The lowest BCUT2D eigenvalue weighted by atomic mass is 9.58. The summed E-state index contributed by atoms with van der Waals surface area (Å²) >= 11 is 0. The minimum atomic E-state index is -0.0541. The summed E-state index contributed by atoms with van der Waals surface area (Å²) < 4.78 is 17.9. The zero-order valence-electron chi connectivity index (χ0n) is 18.7. The van der Waals surface area contributed by atoms with E-state index in [2.05, 4.69) is 58.9 Å². The molecule has 1 saturated heterocycles. The van der Waals surface area contributed by atoms with Gasteiger partial charge in [-0.3, -0.25) is 0 Å². The van der Waals surface area contributed by atoms with Crippen LogP contribution < -0.4 is 0 Å².